The van der Waals surface area contributed by atoms with Gasteiger partial charge in [0.05, 0.1) is 34.7 Å². The number of nitrogens with one attached hydrogen (secondary N) is 1. The van der Waals surface area contributed by atoms with Crippen molar-refractivity contribution in [2.75, 3.05) is 13.2 Å². The Kier molecular flexibility index (Phi) is 14.5. The van der Waals surface area contributed by atoms with Gasteiger partial charge >= 0.3 is 7.60 Å². The molecule has 2 aromatic rings. The Morgan fingerprint density at radius 1 is 0.800 bits per heavy atom. The second-order valence-electron chi connectivity index (χ2n) is 9.57. The van der Waals surface area contributed by atoms with Crippen molar-refractivity contribution in [3.63, 3.8) is 0 Å². The van der Waals surface area contributed by atoms with Crippen LogP contribution in [0.15, 0.2) is 48.5 Å². The topological polar surface area (TPSA) is 151 Å². The van der Waals surface area contributed by atoms with Gasteiger partial charge in [-0.3, -0.25) is 29.6 Å². The van der Waals surface area contributed by atoms with E-state index in [1.165, 1.54) is 0 Å². The first-order valence-electron chi connectivity index (χ1n) is 13.9. The van der Waals surface area contributed by atoms with E-state index in [2.05, 4.69) is 19.2 Å². The fourth-order valence-electron chi connectivity index (χ4n) is 4.11. The van der Waals surface area contributed by atoms with Crippen LogP contribution in [-0.2, 0) is 13.6 Å². The summed E-state index contributed by atoms with van der Waals surface area (Å²) >= 11 is 0. The summed E-state index contributed by atoms with van der Waals surface area (Å²) in [5.74, 6) is -2.11. The lowest BCUT2D eigenvalue weighted by molar-refractivity contribution is -0.394. The van der Waals surface area contributed by atoms with Crippen molar-refractivity contribution in [3.05, 3.63) is 79.9 Å². The van der Waals surface area contributed by atoms with Gasteiger partial charge in [0.25, 0.3) is 17.3 Å². The smallest absolute Gasteiger partial charge is 0.334 e. The van der Waals surface area contributed by atoms with Crippen LogP contribution in [0.1, 0.15) is 99.8 Å². The van der Waals surface area contributed by atoms with E-state index < -0.39 is 40.5 Å². The molecule has 220 valence electrons. The number of nitrogens with zero attached hydrogens (tertiary/aromatic N) is 2. The quantitative estimate of drug-likeness (QED) is 0.0717. The third-order valence-electron chi connectivity index (χ3n) is 6.32. The molecule has 0 saturated heterocycles. The summed E-state index contributed by atoms with van der Waals surface area (Å²) in [7, 11) is -4.00. The van der Waals surface area contributed by atoms with Crippen LogP contribution in [0.2, 0.25) is 0 Å². The van der Waals surface area contributed by atoms with E-state index in [9.17, 15) is 29.6 Å². The van der Waals surface area contributed by atoms with Gasteiger partial charge in [-0.05, 0) is 18.4 Å². The number of nitro benzene ring substituents is 2. The predicted molar refractivity (Wildman–Crippen MR) is 153 cm³/mol. The van der Waals surface area contributed by atoms with Crippen molar-refractivity contribution in [3.8, 4) is 0 Å². The van der Waals surface area contributed by atoms with E-state index >= 15 is 0 Å². The molecular formula is C28H40N3O8P. The Bertz CT molecular complexity index is 1090. The third-order valence-corrected chi connectivity index (χ3v) is 8.47. The molecule has 0 spiro atoms. The number of carbonyl (C=O) groups is 1. The Morgan fingerprint density at radius 2 is 1.27 bits per heavy atom. The van der Waals surface area contributed by atoms with Gasteiger partial charge in [0, 0.05) is 12.1 Å². The number of hydrogen-bond donors (Lipinski definition) is 1. The van der Waals surface area contributed by atoms with Gasteiger partial charge in [0.15, 0.2) is 5.78 Å². The highest BCUT2D eigenvalue weighted by Crippen LogP contribution is 2.60. The van der Waals surface area contributed by atoms with E-state index in [1.807, 2.05) is 0 Å². The maximum Gasteiger partial charge on any atom is 0.357 e. The minimum absolute atomic E-state index is 0.165. The molecular weight excluding hydrogens is 537 g/mol. The number of rotatable bonds is 20. The van der Waals surface area contributed by atoms with Gasteiger partial charge in [-0.2, -0.15) is 0 Å². The zero-order valence-corrected chi connectivity index (χ0v) is 24.2. The lowest BCUT2D eigenvalue weighted by Gasteiger charge is -2.28. The molecule has 0 aliphatic heterocycles. The van der Waals surface area contributed by atoms with Gasteiger partial charge in [0.2, 0.25) is 0 Å². The first-order valence-corrected chi connectivity index (χ1v) is 15.5. The molecule has 0 radical (unpaired) electrons. The largest absolute Gasteiger partial charge is 0.357 e. The molecule has 0 aromatic heterocycles. The molecule has 0 saturated carbocycles. The van der Waals surface area contributed by atoms with Crippen molar-refractivity contribution in [2.45, 2.75) is 83.8 Å². The van der Waals surface area contributed by atoms with Gasteiger partial charge < -0.3 is 14.4 Å². The van der Waals surface area contributed by atoms with E-state index in [0.717, 1.165) is 69.6 Å². The van der Waals surface area contributed by atoms with Crippen molar-refractivity contribution in [2.24, 2.45) is 0 Å². The number of non-ortho nitro benzene ring substituents is 2. The monoisotopic (exact) mass is 577 g/mol. The van der Waals surface area contributed by atoms with Crippen LogP contribution in [0, 0.1) is 20.2 Å². The van der Waals surface area contributed by atoms with E-state index in [4.69, 9.17) is 9.05 Å². The van der Waals surface area contributed by atoms with Crippen LogP contribution >= 0.6 is 7.60 Å². The van der Waals surface area contributed by atoms with Crippen molar-refractivity contribution >= 4 is 24.9 Å². The number of unbranched alkanes of at least 4 members (excludes halogenated alkanes) is 8. The van der Waals surface area contributed by atoms with Gasteiger partial charge in [-0.15, -0.1) is 0 Å². The summed E-state index contributed by atoms with van der Waals surface area (Å²) in [5.41, 5.74) is -1.07. The molecule has 0 bridgehead atoms. The average molecular weight is 578 g/mol. The van der Waals surface area contributed by atoms with Crippen molar-refractivity contribution in [1.29, 1.82) is 0 Å². The minimum atomic E-state index is -4.00. The Balaban J connectivity index is 2.36. The summed E-state index contributed by atoms with van der Waals surface area (Å²) in [6, 6.07) is 11.2. The Labute approximate surface area is 235 Å². The van der Waals surface area contributed by atoms with Crippen LogP contribution in [0.3, 0.4) is 0 Å². The third kappa shape index (κ3) is 10.8. The van der Waals surface area contributed by atoms with Crippen LogP contribution in [-0.4, -0.2) is 29.0 Å². The Hall–Kier alpha value is -3.14. The standard InChI is InChI=1S/C28H40N3O8P/c1-3-5-7-9-14-18-38-40(37,39-19-15-10-8-6-4-2)28(23-16-12-11-13-17-23)29-27(32)24-20-25(30(33)34)22-26(21-24)31(35)36/h11-13,16-17,20-22,28H,3-10,14-15,18-19H2,1-2H3,(H,29,32). The van der Waals surface area contributed by atoms with Crippen LogP contribution in [0.5, 0.6) is 0 Å². The molecule has 12 heteroatoms. The van der Waals surface area contributed by atoms with E-state index in [-0.39, 0.29) is 18.8 Å². The molecule has 2 rings (SSSR count). The molecule has 0 heterocycles. The first kappa shape index (κ1) is 33.1. The highest BCUT2D eigenvalue weighted by atomic mass is 31.2. The predicted octanol–water partition coefficient (Wildman–Crippen LogP) is 8.10. The second kappa shape index (κ2) is 17.5. The Morgan fingerprint density at radius 3 is 1.73 bits per heavy atom. The van der Waals surface area contributed by atoms with Crippen LogP contribution in [0.4, 0.5) is 11.4 Å². The normalized spacial score (nSPS) is 12.2. The van der Waals surface area contributed by atoms with Crippen molar-refractivity contribution in [1.82, 2.24) is 5.32 Å². The molecule has 1 amide bonds. The van der Waals surface area contributed by atoms with Gasteiger partial charge in [0.1, 0.15) is 0 Å². The maximum atomic E-state index is 14.3. The first-order chi connectivity index (χ1) is 19.2. The summed E-state index contributed by atoms with van der Waals surface area (Å²) in [6.45, 7) is 4.56. The summed E-state index contributed by atoms with van der Waals surface area (Å²) in [5, 5.41) is 25.3. The highest BCUT2D eigenvalue weighted by Gasteiger charge is 2.39. The maximum absolute atomic E-state index is 14.3. The molecule has 0 aliphatic rings. The SMILES string of the molecule is CCCCCCCOP(=O)(OCCCCCCC)C(NC(=O)c1cc([N+](=O)[O-])cc([N+](=O)[O-])c1)c1ccccc1. The highest BCUT2D eigenvalue weighted by molar-refractivity contribution is 7.54. The molecule has 2 aromatic carbocycles. The zero-order valence-electron chi connectivity index (χ0n) is 23.3. The van der Waals surface area contributed by atoms with Gasteiger partial charge in [-0.1, -0.05) is 95.5 Å². The second-order valence-corrected chi connectivity index (χ2v) is 11.7. The fourth-order valence-corrected chi connectivity index (χ4v) is 6.06. The number of benzene rings is 2. The van der Waals surface area contributed by atoms with Crippen LogP contribution < -0.4 is 5.32 Å². The molecule has 0 fully saturated rings. The lowest BCUT2D eigenvalue weighted by Crippen LogP contribution is -2.30. The summed E-state index contributed by atoms with van der Waals surface area (Å²) in [4.78, 5) is 34.4. The number of carbonyl (C=O) groups excluding carboxylic acids is 1. The van der Waals surface area contributed by atoms with Gasteiger partial charge in [-0.25, -0.2) is 0 Å². The molecule has 1 unspecified atom stereocenters. The zero-order chi connectivity index (χ0) is 29.4. The van der Waals surface area contributed by atoms with Crippen LogP contribution in [0.25, 0.3) is 0 Å². The molecule has 11 nitrogen and oxygen atoms in total. The number of amides is 1. The molecule has 1 N–H and O–H groups in total. The fraction of sp³-hybridized carbons (Fsp3) is 0.536. The number of nitro groups is 2. The van der Waals surface area contributed by atoms with E-state index in [1.54, 1.807) is 30.3 Å². The molecule has 0 aliphatic carbocycles. The molecule has 1 atom stereocenters. The average Bonchev–Trinajstić information content (AvgIpc) is 2.95. The molecule has 40 heavy (non-hydrogen) atoms. The lowest BCUT2D eigenvalue weighted by atomic mass is 10.1. The number of hydrogen-bond acceptors (Lipinski definition) is 8. The summed E-state index contributed by atoms with van der Waals surface area (Å²) < 4.78 is 26.2. The summed E-state index contributed by atoms with van der Waals surface area (Å²) in [6.07, 6.45) is 9.49. The van der Waals surface area contributed by atoms with Crippen molar-refractivity contribution < 1.29 is 28.3 Å². The van der Waals surface area contributed by atoms with E-state index in [0.29, 0.717) is 18.4 Å². The minimum Gasteiger partial charge on any atom is -0.334 e.